The van der Waals surface area contributed by atoms with E-state index in [9.17, 15) is 0 Å². The van der Waals surface area contributed by atoms with Crippen molar-refractivity contribution in [3.8, 4) is 10.0 Å². The predicted octanol–water partition coefficient (Wildman–Crippen LogP) is 3.81. The zero-order valence-electron chi connectivity index (χ0n) is 11.9. The number of pyridine rings is 1. The van der Waals surface area contributed by atoms with Crippen LogP contribution in [0.1, 0.15) is 30.5 Å². The third-order valence-electron chi connectivity index (χ3n) is 4.28. The molecule has 0 saturated heterocycles. The van der Waals surface area contributed by atoms with Gasteiger partial charge in [-0.1, -0.05) is 0 Å². The average molecular weight is 341 g/mol. The molecular formula is C18H18N2Se. The number of nitrogen functional groups attached to an aromatic ring is 1. The van der Waals surface area contributed by atoms with Gasteiger partial charge in [-0.05, 0) is 0 Å². The molecule has 0 atom stereocenters. The monoisotopic (exact) mass is 342 g/mol. The van der Waals surface area contributed by atoms with Gasteiger partial charge in [-0.25, -0.2) is 0 Å². The molecule has 106 valence electrons. The summed E-state index contributed by atoms with van der Waals surface area (Å²) in [6, 6.07) is 12.9. The zero-order chi connectivity index (χ0) is 14.2. The molecule has 2 N–H and O–H groups in total. The van der Waals surface area contributed by atoms with E-state index in [1.54, 1.807) is 0 Å². The van der Waals surface area contributed by atoms with E-state index >= 15 is 0 Å². The van der Waals surface area contributed by atoms with Crippen LogP contribution in [0.4, 0.5) is 5.69 Å². The topological polar surface area (TPSA) is 38.9 Å². The first kappa shape index (κ1) is 13.1. The van der Waals surface area contributed by atoms with Crippen LogP contribution >= 0.6 is 0 Å². The molecule has 0 fully saturated rings. The van der Waals surface area contributed by atoms with Crippen LogP contribution in [0.3, 0.4) is 0 Å². The van der Waals surface area contributed by atoms with Crippen LogP contribution in [0.25, 0.3) is 19.8 Å². The van der Waals surface area contributed by atoms with Gasteiger partial charge < -0.3 is 0 Å². The summed E-state index contributed by atoms with van der Waals surface area (Å²) in [6.07, 6.45) is 6.01. The first-order chi connectivity index (χ1) is 10.3. The molecule has 0 amide bonds. The molecule has 1 aliphatic carbocycles. The van der Waals surface area contributed by atoms with Gasteiger partial charge in [-0.3, -0.25) is 0 Å². The van der Waals surface area contributed by atoms with Crippen molar-refractivity contribution < 1.29 is 0 Å². The molecule has 0 unspecified atom stereocenters. The van der Waals surface area contributed by atoms with E-state index in [1.807, 2.05) is 0 Å². The van der Waals surface area contributed by atoms with Crippen molar-refractivity contribution in [3.05, 3.63) is 47.7 Å². The minimum absolute atomic E-state index is 0.287. The summed E-state index contributed by atoms with van der Waals surface area (Å²) in [5.74, 6) is 0. The van der Waals surface area contributed by atoms with Gasteiger partial charge in [0.05, 0.1) is 0 Å². The van der Waals surface area contributed by atoms with E-state index in [1.165, 1.54) is 44.8 Å². The molecule has 0 aliphatic heterocycles. The first-order valence-corrected chi connectivity index (χ1v) is 9.30. The van der Waals surface area contributed by atoms with E-state index in [0.717, 1.165) is 24.0 Å². The Morgan fingerprint density at radius 1 is 1.00 bits per heavy atom. The predicted molar refractivity (Wildman–Crippen MR) is 89.8 cm³/mol. The fraction of sp³-hybridized carbons (Fsp3) is 0.278. The number of nitrogens with zero attached hydrogens (tertiary/aromatic N) is 1. The molecule has 2 nitrogen and oxygen atoms in total. The van der Waals surface area contributed by atoms with Crippen LogP contribution < -0.4 is 5.73 Å². The third kappa shape index (κ3) is 2.31. The van der Waals surface area contributed by atoms with E-state index in [0.29, 0.717) is 0 Å². The molecule has 0 saturated carbocycles. The van der Waals surface area contributed by atoms with Crippen molar-refractivity contribution in [1.29, 1.82) is 0 Å². The van der Waals surface area contributed by atoms with Gasteiger partial charge in [-0.15, -0.1) is 0 Å². The Kier molecular flexibility index (Phi) is 3.33. The number of nitrogens with two attached hydrogens (primary N) is 1. The molecule has 4 rings (SSSR count). The normalized spacial score (nSPS) is 14.9. The van der Waals surface area contributed by atoms with Gasteiger partial charge in [0.15, 0.2) is 0 Å². The first-order valence-electron chi connectivity index (χ1n) is 7.59. The second kappa shape index (κ2) is 5.32. The Hall–Kier alpha value is -1.57. The summed E-state index contributed by atoms with van der Waals surface area (Å²) in [6.45, 7) is 0. The Balaban J connectivity index is 1.90. The number of rotatable bonds is 1. The van der Waals surface area contributed by atoms with Crippen LogP contribution in [0.5, 0.6) is 0 Å². The minimum atomic E-state index is 0.287. The zero-order valence-corrected chi connectivity index (χ0v) is 13.6. The summed E-state index contributed by atoms with van der Waals surface area (Å²) in [5, 5.41) is 0. The molecule has 3 heteroatoms. The number of hydrogen-bond donors (Lipinski definition) is 1. The Labute approximate surface area is 130 Å². The van der Waals surface area contributed by atoms with Crippen LogP contribution in [0.2, 0.25) is 0 Å². The van der Waals surface area contributed by atoms with Gasteiger partial charge in [0, 0.05) is 0 Å². The van der Waals surface area contributed by atoms with Gasteiger partial charge >= 0.3 is 130 Å². The molecule has 2 aromatic heterocycles. The van der Waals surface area contributed by atoms with Crippen molar-refractivity contribution in [2.75, 3.05) is 5.73 Å². The van der Waals surface area contributed by atoms with Crippen molar-refractivity contribution in [2.24, 2.45) is 0 Å². The van der Waals surface area contributed by atoms with E-state index in [2.05, 4.69) is 36.4 Å². The van der Waals surface area contributed by atoms with Gasteiger partial charge in [0.25, 0.3) is 0 Å². The third-order valence-corrected chi connectivity index (χ3v) is 6.82. The fourth-order valence-corrected chi connectivity index (χ4v) is 5.44. The molecule has 1 aromatic carbocycles. The number of hydrogen-bond acceptors (Lipinski definition) is 2. The maximum absolute atomic E-state index is 6.51. The maximum atomic E-state index is 6.51. The second-order valence-electron chi connectivity index (χ2n) is 5.70. The number of aromatic nitrogens is 1. The Morgan fingerprint density at radius 3 is 2.67 bits per heavy atom. The van der Waals surface area contributed by atoms with Crippen molar-refractivity contribution in [1.82, 2.24) is 4.98 Å². The second-order valence-corrected chi connectivity index (χ2v) is 7.91. The molecule has 0 bridgehead atoms. The molecule has 1 aliphatic rings. The number of fused-ring (bicyclic) bond motifs is 2. The van der Waals surface area contributed by atoms with Crippen molar-refractivity contribution in [2.45, 2.75) is 32.1 Å². The van der Waals surface area contributed by atoms with Crippen LogP contribution in [0, 0.1) is 0 Å². The fourth-order valence-electron chi connectivity index (χ4n) is 3.16. The van der Waals surface area contributed by atoms with E-state index in [-0.39, 0.29) is 14.5 Å². The Bertz CT molecular complexity index is 790. The molecule has 2 heterocycles. The summed E-state index contributed by atoms with van der Waals surface area (Å²) in [4.78, 5) is 4.95. The van der Waals surface area contributed by atoms with Gasteiger partial charge in [0.2, 0.25) is 0 Å². The summed E-state index contributed by atoms with van der Waals surface area (Å²) in [7, 11) is 0. The molecule has 21 heavy (non-hydrogen) atoms. The van der Waals surface area contributed by atoms with Crippen LogP contribution in [0.15, 0.2) is 36.4 Å². The average Bonchev–Trinajstić information content (AvgIpc) is 2.80. The SMILES string of the molecule is Nc1c2c(nc3cc(-c4ccccc4)[se]c13)CCCCC2. The van der Waals surface area contributed by atoms with Crippen LogP contribution in [-0.2, 0) is 12.8 Å². The molecule has 0 spiro atoms. The Morgan fingerprint density at radius 2 is 1.81 bits per heavy atom. The van der Waals surface area contributed by atoms with Crippen molar-refractivity contribution in [3.63, 3.8) is 0 Å². The summed E-state index contributed by atoms with van der Waals surface area (Å²) >= 11 is 0.287. The van der Waals surface area contributed by atoms with Gasteiger partial charge in [-0.2, -0.15) is 0 Å². The van der Waals surface area contributed by atoms with Crippen LogP contribution in [-0.4, -0.2) is 19.5 Å². The number of aryl methyl sites for hydroxylation is 1. The van der Waals surface area contributed by atoms with Crippen molar-refractivity contribution >= 4 is 30.0 Å². The summed E-state index contributed by atoms with van der Waals surface area (Å²) < 4.78 is 2.71. The van der Waals surface area contributed by atoms with E-state index < -0.39 is 0 Å². The van der Waals surface area contributed by atoms with E-state index in [4.69, 9.17) is 10.7 Å². The molecular weight excluding hydrogens is 323 g/mol. The van der Waals surface area contributed by atoms with Gasteiger partial charge in [0.1, 0.15) is 0 Å². The number of benzene rings is 1. The summed E-state index contributed by atoms with van der Waals surface area (Å²) in [5.41, 5.74) is 12.6. The quantitative estimate of drug-likeness (QED) is 0.540. The number of anilines is 1. The standard InChI is InChI=1S/C18H18N2Se/c19-17-13-9-5-2-6-10-14(13)20-15-11-16(21-18(15)17)12-7-3-1-4-8-12/h1,3-4,7-8,11H,2,5-6,9-10H2,(H2,19,20). The molecule has 3 aromatic rings. The molecule has 0 radical (unpaired) electrons.